The lowest BCUT2D eigenvalue weighted by Gasteiger charge is -2.14. The number of carboxylic acids is 1. The zero-order valence-electron chi connectivity index (χ0n) is 10.4. The number of nitrogens with two attached hydrogens (primary N) is 2. The second-order valence-corrected chi connectivity index (χ2v) is 4.51. The van der Waals surface area contributed by atoms with Crippen molar-refractivity contribution >= 4 is 35.1 Å². The zero-order valence-corrected chi connectivity index (χ0v) is 11.2. The molecule has 8 heteroatoms. The monoisotopic (exact) mass is 299 g/mol. The Hall–Kier alpha value is -2.28. The van der Waals surface area contributed by atoms with E-state index in [4.69, 9.17) is 28.2 Å². The molecule has 0 spiro atoms. The predicted octanol–water partition coefficient (Wildman–Crippen LogP) is 0.371. The minimum atomic E-state index is -1.25. The molecule has 0 aliphatic rings. The topological polar surface area (TPSA) is 136 Å². The number of rotatable bonds is 6. The fourth-order valence-electron chi connectivity index (χ4n) is 1.45. The van der Waals surface area contributed by atoms with E-state index in [0.717, 1.165) is 0 Å². The van der Waals surface area contributed by atoms with Gasteiger partial charge in [-0.25, -0.2) is 4.79 Å². The van der Waals surface area contributed by atoms with Crippen LogP contribution >= 0.6 is 11.6 Å². The van der Waals surface area contributed by atoms with Gasteiger partial charge in [0.05, 0.1) is 10.7 Å². The Kier molecular flexibility index (Phi) is 5.33. The summed E-state index contributed by atoms with van der Waals surface area (Å²) in [4.78, 5) is 33.5. The van der Waals surface area contributed by atoms with E-state index in [-0.39, 0.29) is 23.4 Å². The first-order valence-corrected chi connectivity index (χ1v) is 6.06. The SMILES string of the molecule is NC(=O)CC[C@@H](NC(=O)c1ccc(N)c(Cl)c1)C(=O)O. The molecule has 0 radical (unpaired) electrons. The van der Waals surface area contributed by atoms with E-state index >= 15 is 0 Å². The van der Waals surface area contributed by atoms with Crippen LogP contribution in [0.4, 0.5) is 5.69 Å². The Labute approximate surface area is 119 Å². The number of aliphatic carboxylic acids is 1. The molecule has 1 aromatic carbocycles. The summed E-state index contributed by atoms with van der Waals surface area (Å²) in [5.41, 5.74) is 10.9. The van der Waals surface area contributed by atoms with Gasteiger partial charge in [-0.15, -0.1) is 0 Å². The number of hydrogen-bond donors (Lipinski definition) is 4. The Morgan fingerprint density at radius 1 is 1.35 bits per heavy atom. The molecule has 2 amide bonds. The number of anilines is 1. The summed E-state index contributed by atoms with van der Waals surface area (Å²) in [6, 6.07) is 2.99. The van der Waals surface area contributed by atoms with E-state index in [1.807, 2.05) is 0 Å². The highest BCUT2D eigenvalue weighted by Crippen LogP contribution is 2.19. The first-order chi connectivity index (χ1) is 9.31. The Balaban J connectivity index is 2.77. The molecule has 20 heavy (non-hydrogen) atoms. The van der Waals surface area contributed by atoms with Crippen molar-refractivity contribution in [3.05, 3.63) is 28.8 Å². The van der Waals surface area contributed by atoms with Crippen molar-refractivity contribution in [3.63, 3.8) is 0 Å². The maximum Gasteiger partial charge on any atom is 0.326 e. The number of carboxylic acid groups (broad SMARTS) is 1. The molecule has 0 fully saturated rings. The van der Waals surface area contributed by atoms with Crippen molar-refractivity contribution < 1.29 is 19.5 Å². The first-order valence-electron chi connectivity index (χ1n) is 5.68. The van der Waals surface area contributed by atoms with Crippen molar-refractivity contribution in [1.82, 2.24) is 5.32 Å². The average molecular weight is 300 g/mol. The molecule has 0 heterocycles. The number of carbonyl (C=O) groups is 3. The van der Waals surface area contributed by atoms with Crippen LogP contribution in [0.25, 0.3) is 0 Å². The largest absolute Gasteiger partial charge is 0.480 e. The van der Waals surface area contributed by atoms with Gasteiger partial charge in [-0.3, -0.25) is 9.59 Å². The van der Waals surface area contributed by atoms with Crippen LogP contribution in [-0.4, -0.2) is 28.9 Å². The Morgan fingerprint density at radius 2 is 2.00 bits per heavy atom. The van der Waals surface area contributed by atoms with E-state index in [0.29, 0.717) is 5.69 Å². The van der Waals surface area contributed by atoms with Gasteiger partial charge in [0, 0.05) is 12.0 Å². The van der Waals surface area contributed by atoms with Gasteiger partial charge in [-0.2, -0.15) is 0 Å². The number of hydrogen-bond acceptors (Lipinski definition) is 4. The third kappa shape index (κ3) is 4.43. The summed E-state index contributed by atoms with van der Waals surface area (Å²) in [5.74, 6) is -2.51. The number of nitrogen functional groups attached to an aromatic ring is 1. The van der Waals surface area contributed by atoms with Crippen LogP contribution in [0.2, 0.25) is 5.02 Å². The molecule has 0 aliphatic heterocycles. The fourth-order valence-corrected chi connectivity index (χ4v) is 1.63. The third-order valence-electron chi connectivity index (χ3n) is 2.55. The predicted molar refractivity (Wildman–Crippen MR) is 73.2 cm³/mol. The zero-order chi connectivity index (χ0) is 15.3. The minimum Gasteiger partial charge on any atom is -0.480 e. The number of primary amides is 1. The van der Waals surface area contributed by atoms with Crippen LogP contribution in [0.15, 0.2) is 18.2 Å². The lowest BCUT2D eigenvalue weighted by atomic mass is 10.1. The van der Waals surface area contributed by atoms with Crippen LogP contribution in [-0.2, 0) is 9.59 Å². The van der Waals surface area contributed by atoms with Crippen LogP contribution in [0.3, 0.4) is 0 Å². The van der Waals surface area contributed by atoms with Crippen molar-refractivity contribution in [1.29, 1.82) is 0 Å². The van der Waals surface area contributed by atoms with E-state index in [9.17, 15) is 14.4 Å². The molecular formula is C12H14ClN3O4. The van der Waals surface area contributed by atoms with Crippen molar-refractivity contribution in [2.45, 2.75) is 18.9 Å². The molecule has 0 bridgehead atoms. The molecular weight excluding hydrogens is 286 g/mol. The van der Waals surface area contributed by atoms with Crippen LogP contribution in [0, 0.1) is 0 Å². The number of benzene rings is 1. The summed E-state index contributed by atoms with van der Waals surface area (Å²) in [5, 5.41) is 11.5. The number of amides is 2. The maximum atomic E-state index is 11.9. The Bertz CT molecular complexity index is 548. The average Bonchev–Trinajstić information content (AvgIpc) is 2.36. The highest BCUT2D eigenvalue weighted by Gasteiger charge is 2.21. The molecule has 0 aliphatic carbocycles. The highest BCUT2D eigenvalue weighted by atomic mass is 35.5. The summed E-state index contributed by atoms with van der Waals surface area (Å²) >= 11 is 5.78. The van der Waals surface area contributed by atoms with Gasteiger partial charge in [0.1, 0.15) is 6.04 Å². The second kappa shape index (κ2) is 6.76. The van der Waals surface area contributed by atoms with Crippen LogP contribution < -0.4 is 16.8 Å². The molecule has 1 atom stereocenters. The molecule has 108 valence electrons. The lowest BCUT2D eigenvalue weighted by molar-refractivity contribution is -0.139. The molecule has 0 saturated carbocycles. The number of halogens is 1. The van der Waals surface area contributed by atoms with Gasteiger partial charge in [0.2, 0.25) is 5.91 Å². The smallest absolute Gasteiger partial charge is 0.326 e. The molecule has 6 N–H and O–H groups in total. The molecule has 0 saturated heterocycles. The maximum absolute atomic E-state index is 11.9. The van der Waals surface area contributed by atoms with Crippen molar-refractivity contribution in [2.75, 3.05) is 5.73 Å². The summed E-state index contributed by atoms with van der Waals surface area (Å²) in [7, 11) is 0. The molecule has 0 aromatic heterocycles. The Morgan fingerprint density at radius 3 is 2.50 bits per heavy atom. The summed E-state index contributed by atoms with van der Waals surface area (Å²) in [6.07, 6.45) is -0.223. The van der Waals surface area contributed by atoms with Crippen LogP contribution in [0.5, 0.6) is 0 Å². The molecule has 1 rings (SSSR count). The molecule has 1 aromatic rings. The van der Waals surface area contributed by atoms with E-state index in [1.165, 1.54) is 18.2 Å². The van der Waals surface area contributed by atoms with E-state index < -0.39 is 23.8 Å². The van der Waals surface area contributed by atoms with Gasteiger partial charge >= 0.3 is 5.97 Å². The summed E-state index contributed by atoms with van der Waals surface area (Å²) in [6.45, 7) is 0. The molecule has 0 unspecified atom stereocenters. The highest BCUT2D eigenvalue weighted by molar-refractivity contribution is 6.33. The first kappa shape index (κ1) is 15.8. The number of carbonyl (C=O) groups excluding carboxylic acids is 2. The van der Waals surface area contributed by atoms with Gasteiger partial charge in [0.15, 0.2) is 0 Å². The lowest BCUT2D eigenvalue weighted by Crippen LogP contribution is -2.41. The fraction of sp³-hybridized carbons (Fsp3) is 0.250. The quantitative estimate of drug-likeness (QED) is 0.563. The molecule has 7 nitrogen and oxygen atoms in total. The van der Waals surface area contributed by atoms with Crippen LogP contribution in [0.1, 0.15) is 23.2 Å². The normalized spacial score (nSPS) is 11.7. The van der Waals surface area contributed by atoms with E-state index in [1.54, 1.807) is 0 Å². The standard InChI is InChI=1S/C12H14ClN3O4/c13-7-5-6(1-2-8(7)14)11(18)16-9(12(19)20)3-4-10(15)17/h1-2,5,9H,3-4,14H2,(H2,15,17)(H,16,18)(H,19,20)/t9-/m1/s1. The van der Waals surface area contributed by atoms with E-state index in [2.05, 4.69) is 5.32 Å². The van der Waals surface area contributed by atoms with Gasteiger partial charge < -0.3 is 21.9 Å². The summed E-state index contributed by atoms with van der Waals surface area (Å²) < 4.78 is 0. The van der Waals surface area contributed by atoms with Gasteiger partial charge in [0.25, 0.3) is 5.91 Å². The van der Waals surface area contributed by atoms with Crippen molar-refractivity contribution in [2.24, 2.45) is 5.73 Å². The van der Waals surface area contributed by atoms with Crippen molar-refractivity contribution in [3.8, 4) is 0 Å². The third-order valence-corrected chi connectivity index (χ3v) is 2.87. The minimum absolute atomic E-state index is 0.0842. The van der Waals surface area contributed by atoms with Gasteiger partial charge in [-0.05, 0) is 24.6 Å². The number of nitrogens with one attached hydrogen (secondary N) is 1. The second-order valence-electron chi connectivity index (χ2n) is 4.11. The van der Waals surface area contributed by atoms with Gasteiger partial charge in [-0.1, -0.05) is 11.6 Å².